The van der Waals surface area contributed by atoms with Crippen molar-refractivity contribution in [1.29, 1.82) is 0 Å². The van der Waals surface area contributed by atoms with Gasteiger partial charge in [0, 0.05) is 18.0 Å². The van der Waals surface area contributed by atoms with E-state index in [1.54, 1.807) is 21.3 Å². The first-order chi connectivity index (χ1) is 14.5. The lowest BCUT2D eigenvalue weighted by atomic mass is 9.62. The monoisotopic (exact) mass is 434 g/mol. The number of hydrogen-bond donors (Lipinski definition) is 2. The van der Waals surface area contributed by atoms with Gasteiger partial charge < -0.3 is 29.5 Å². The molecule has 2 saturated carbocycles. The van der Waals surface area contributed by atoms with E-state index < -0.39 is 5.72 Å². The Morgan fingerprint density at radius 2 is 1.63 bits per heavy atom. The molecule has 2 aliphatic carbocycles. The van der Waals surface area contributed by atoms with Crippen molar-refractivity contribution < 1.29 is 19.3 Å². The minimum atomic E-state index is -0.918. The van der Waals surface area contributed by atoms with Gasteiger partial charge in [0.15, 0.2) is 16.6 Å². The highest BCUT2D eigenvalue weighted by Crippen LogP contribution is 2.51. The summed E-state index contributed by atoms with van der Waals surface area (Å²) in [4.78, 5) is 2.01. The zero-order valence-corrected chi connectivity index (χ0v) is 19.1. The largest absolute Gasteiger partial charge is 0.493 e. The topological polar surface area (TPSA) is 63.2 Å². The summed E-state index contributed by atoms with van der Waals surface area (Å²) in [5.74, 6) is 1.98. The maximum Gasteiger partial charge on any atom is 0.203 e. The number of methoxy groups -OCH3 is 3. The molecule has 7 heteroatoms. The Kier molecular flexibility index (Phi) is 6.04. The second-order valence-electron chi connectivity index (χ2n) is 8.94. The molecule has 3 aliphatic rings. The maximum atomic E-state index is 12.1. The molecule has 0 bridgehead atoms. The fraction of sp³-hybridized carbons (Fsp3) is 0.696. The number of ether oxygens (including phenoxy) is 3. The molecular formula is C23H34N2O4S. The summed E-state index contributed by atoms with van der Waals surface area (Å²) in [5.41, 5.74) is -0.0137. The zero-order valence-electron chi connectivity index (χ0n) is 18.3. The lowest BCUT2D eigenvalue weighted by molar-refractivity contribution is -0.184. The van der Waals surface area contributed by atoms with Crippen LogP contribution in [0.4, 0.5) is 0 Å². The minimum absolute atomic E-state index is 0.0592. The van der Waals surface area contributed by atoms with Gasteiger partial charge in [0.25, 0.3) is 0 Å². The number of nitrogens with zero attached hydrogens (tertiary/aromatic N) is 1. The number of hydrogen-bond acceptors (Lipinski definition) is 5. The van der Waals surface area contributed by atoms with Gasteiger partial charge in [0.05, 0.1) is 21.3 Å². The Balaban J connectivity index is 1.68. The summed E-state index contributed by atoms with van der Waals surface area (Å²) in [5, 5.41) is 16.4. The van der Waals surface area contributed by atoms with Gasteiger partial charge in [-0.3, -0.25) is 0 Å². The molecule has 2 unspecified atom stereocenters. The summed E-state index contributed by atoms with van der Waals surface area (Å²) < 4.78 is 16.5. The van der Waals surface area contributed by atoms with E-state index in [9.17, 15) is 5.11 Å². The fourth-order valence-electron chi connectivity index (χ4n) is 6.00. The molecule has 4 rings (SSSR count). The van der Waals surface area contributed by atoms with Crippen molar-refractivity contribution in [2.45, 2.75) is 75.6 Å². The molecule has 166 valence electrons. The molecule has 1 aromatic carbocycles. The highest BCUT2D eigenvalue weighted by Gasteiger charge is 2.58. The Labute approximate surface area is 184 Å². The van der Waals surface area contributed by atoms with E-state index in [1.165, 1.54) is 25.7 Å². The standard InChI is InChI=1S/C23H34N2O4S/c1-27-17-13-16(14-18(28-2)20(17)29-3)15-25-21(30)24-22(10-6-4-7-11-22)19-9-5-8-12-23(19,25)26/h13-14,19,26H,4-12,15H2,1-3H3,(H,24,30). The Bertz CT molecular complexity index is 770. The SMILES string of the molecule is COc1cc(CN2C(=S)NC3(CCCCC3)C3CCCCC32O)cc(OC)c1OC. The highest BCUT2D eigenvalue weighted by atomic mass is 32.1. The zero-order chi connectivity index (χ0) is 21.4. The third-order valence-electron chi connectivity index (χ3n) is 7.39. The van der Waals surface area contributed by atoms with Crippen molar-refractivity contribution >= 4 is 17.3 Å². The molecule has 30 heavy (non-hydrogen) atoms. The van der Waals surface area contributed by atoms with E-state index >= 15 is 0 Å². The molecule has 0 radical (unpaired) electrons. The van der Waals surface area contributed by atoms with Crippen molar-refractivity contribution in [2.75, 3.05) is 21.3 Å². The third kappa shape index (κ3) is 3.50. The molecule has 1 heterocycles. The maximum absolute atomic E-state index is 12.1. The lowest BCUT2D eigenvalue weighted by Gasteiger charge is -2.61. The van der Waals surface area contributed by atoms with Gasteiger partial charge >= 0.3 is 0 Å². The van der Waals surface area contributed by atoms with Gasteiger partial charge in [-0.25, -0.2) is 0 Å². The Morgan fingerprint density at radius 1 is 1.00 bits per heavy atom. The number of nitrogens with one attached hydrogen (secondary N) is 1. The normalized spacial score (nSPS) is 27.9. The van der Waals surface area contributed by atoms with Crippen LogP contribution in [0.5, 0.6) is 17.2 Å². The van der Waals surface area contributed by atoms with Gasteiger partial charge in [-0.1, -0.05) is 25.7 Å². The van der Waals surface area contributed by atoms with Crippen LogP contribution in [0, 0.1) is 5.92 Å². The first-order valence-corrected chi connectivity index (χ1v) is 11.5. The quantitative estimate of drug-likeness (QED) is 0.680. The summed E-state index contributed by atoms with van der Waals surface area (Å²) in [7, 11) is 4.83. The summed E-state index contributed by atoms with van der Waals surface area (Å²) >= 11 is 5.86. The summed E-state index contributed by atoms with van der Waals surface area (Å²) in [6.07, 6.45) is 9.86. The molecule has 1 spiro atoms. The van der Waals surface area contributed by atoms with Crippen LogP contribution in [-0.2, 0) is 6.54 Å². The van der Waals surface area contributed by atoms with Crippen LogP contribution in [0.3, 0.4) is 0 Å². The Morgan fingerprint density at radius 3 is 2.23 bits per heavy atom. The highest BCUT2D eigenvalue weighted by molar-refractivity contribution is 7.80. The molecule has 0 aromatic heterocycles. The summed E-state index contributed by atoms with van der Waals surface area (Å²) in [6.45, 7) is 0.492. The number of benzene rings is 1. The molecule has 1 aromatic rings. The summed E-state index contributed by atoms with van der Waals surface area (Å²) in [6, 6.07) is 3.88. The van der Waals surface area contributed by atoms with Crippen LogP contribution < -0.4 is 19.5 Å². The molecular weight excluding hydrogens is 400 g/mol. The molecule has 1 saturated heterocycles. The van der Waals surface area contributed by atoms with Crippen LogP contribution in [-0.4, -0.2) is 47.7 Å². The number of fused-ring (bicyclic) bond motifs is 2. The van der Waals surface area contributed by atoms with Gasteiger partial charge in [0.1, 0.15) is 5.72 Å². The van der Waals surface area contributed by atoms with E-state index in [2.05, 4.69) is 5.32 Å². The van der Waals surface area contributed by atoms with Crippen molar-refractivity contribution in [1.82, 2.24) is 10.2 Å². The van der Waals surface area contributed by atoms with E-state index in [4.69, 9.17) is 26.4 Å². The molecule has 1 aliphatic heterocycles. The van der Waals surface area contributed by atoms with Gasteiger partial charge in [0.2, 0.25) is 5.75 Å². The fourth-order valence-corrected chi connectivity index (χ4v) is 6.42. The van der Waals surface area contributed by atoms with Crippen molar-refractivity contribution in [3.8, 4) is 17.2 Å². The molecule has 2 atom stereocenters. The van der Waals surface area contributed by atoms with Crippen molar-refractivity contribution in [2.24, 2.45) is 5.92 Å². The van der Waals surface area contributed by atoms with Crippen LogP contribution >= 0.6 is 12.2 Å². The van der Waals surface area contributed by atoms with E-state index in [0.717, 1.165) is 37.7 Å². The van der Waals surface area contributed by atoms with E-state index in [1.807, 2.05) is 17.0 Å². The number of thiocarbonyl (C=S) groups is 1. The molecule has 6 nitrogen and oxygen atoms in total. The predicted octanol–water partition coefficient (Wildman–Crippen LogP) is 3.98. The van der Waals surface area contributed by atoms with Gasteiger partial charge in [-0.05, 0) is 62.0 Å². The first-order valence-electron chi connectivity index (χ1n) is 11.1. The average molecular weight is 435 g/mol. The van der Waals surface area contributed by atoms with Gasteiger partial charge in [-0.2, -0.15) is 0 Å². The van der Waals surface area contributed by atoms with Crippen LogP contribution in [0.25, 0.3) is 0 Å². The molecule has 0 amide bonds. The number of aliphatic hydroxyl groups is 1. The van der Waals surface area contributed by atoms with Crippen molar-refractivity contribution in [3.05, 3.63) is 17.7 Å². The third-order valence-corrected chi connectivity index (χ3v) is 7.71. The molecule has 3 fully saturated rings. The van der Waals surface area contributed by atoms with E-state index in [-0.39, 0.29) is 11.5 Å². The smallest absolute Gasteiger partial charge is 0.203 e. The lowest BCUT2D eigenvalue weighted by Crippen LogP contribution is -2.75. The predicted molar refractivity (Wildman–Crippen MR) is 120 cm³/mol. The van der Waals surface area contributed by atoms with Gasteiger partial charge in [-0.15, -0.1) is 0 Å². The average Bonchev–Trinajstić information content (AvgIpc) is 2.76. The molecule has 2 N–H and O–H groups in total. The van der Waals surface area contributed by atoms with Crippen LogP contribution in [0.1, 0.15) is 63.4 Å². The van der Waals surface area contributed by atoms with E-state index in [0.29, 0.717) is 28.9 Å². The minimum Gasteiger partial charge on any atom is -0.493 e. The first kappa shape index (κ1) is 21.5. The second-order valence-corrected chi connectivity index (χ2v) is 9.33. The van der Waals surface area contributed by atoms with Crippen LogP contribution in [0.2, 0.25) is 0 Å². The Hall–Kier alpha value is -1.73. The van der Waals surface area contributed by atoms with Crippen LogP contribution in [0.15, 0.2) is 12.1 Å². The second kappa shape index (κ2) is 8.42. The number of rotatable bonds is 5. The van der Waals surface area contributed by atoms with Crippen molar-refractivity contribution in [3.63, 3.8) is 0 Å².